The van der Waals surface area contributed by atoms with Crippen molar-refractivity contribution in [2.75, 3.05) is 13.1 Å². The smallest absolute Gasteiger partial charge is 0.313 e. The van der Waals surface area contributed by atoms with Crippen molar-refractivity contribution >= 4 is 11.8 Å². The van der Waals surface area contributed by atoms with Crippen LogP contribution in [0.5, 0.6) is 0 Å². The first kappa shape index (κ1) is 12.5. The Kier molecular flexibility index (Phi) is 3.53. The van der Waals surface area contributed by atoms with Crippen LogP contribution in [0.15, 0.2) is 0 Å². The number of nitrogens with one attached hydrogen (secondary N) is 1. The number of esters is 1. The predicted molar refractivity (Wildman–Crippen MR) is 58.9 cm³/mol. The molecular formula is C11H17N3O2. The van der Waals surface area contributed by atoms with E-state index >= 15 is 0 Å². The van der Waals surface area contributed by atoms with Gasteiger partial charge in [0.15, 0.2) is 0 Å². The van der Waals surface area contributed by atoms with Crippen LogP contribution < -0.4 is 0 Å². The molecule has 1 aliphatic heterocycles. The Morgan fingerprint density at radius 1 is 1.56 bits per heavy atom. The second kappa shape index (κ2) is 4.52. The lowest BCUT2D eigenvalue weighted by Crippen LogP contribution is -2.54. The Hall–Kier alpha value is -1.57. The molecule has 0 amide bonds. The molecule has 5 nitrogen and oxygen atoms in total. The first-order valence-corrected chi connectivity index (χ1v) is 5.25. The van der Waals surface area contributed by atoms with Crippen LogP contribution in [0.25, 0.3) is 0 Å². The van der Waals surface area contributed by atoms with Crippen LogP contribution in [0.3, 0.4) is 0 Å². The quantitative estimate of drug-likeness (QED) is 0.433. The van der Waals surface area contributed by atoms with Crippen LogP contribution in [0.2, 0.25) is 0 Å². The Morgan fingerprint density at radius 3 is 2.56 bits per heavy atom. The second-order valence-corrected chi connectivity index (χ2v) is 4.92. The molecule has 1 heterocycles. The van der Waals surface area contributed by atoms with Crippen molar-refractivity contribution in [1.82, 2.24) is 4.90 Å². The summed E-state index contributed by atoms with van der Waals surface area (Å²) in [7, 11) is 0. The highest BCUT2D eigenvalue weighted by atomic mass is 16.6. The number of ether oxygens (including phenoxy) is 1. The summed E-state index contributed by atoms with van der Waals surface area (Å²) in [5, 5.41) is 15.9. The summed E-state index contributed by atoms with van der Waals surface area (Å²) in [5.74, 6) is -0.0888. The average Bonchev–Trinajstić information content (AvgIpc) is 1.97. The van der Waals surface area contributed by atoms with Crippen LogP contribution in [0, 0.1) is 22.7 Å². The highest BCUT2D eigenvalue weighted by molar-refractivity contribution is 5.84. The first-order chi connectivity index (χ1) is 7.33. The molecule has 0 aromatic carbocycles. The summed E-state index contributed by atoms with van der Waals surface area (Å²) in [6.45, 7) is 6.49. The molecule has 0 unspecified atom stereocenters. The van der Waals surface area contributed by atoms with E-state index in [9.17, 15) is 4.79 Å². The van der Waals surface area contributed by atoms with Gasteiger partial charge in [0.1, 0.15) is 11.4 Å². The Balaban J connectivity index is 2.34. The number of nitriles is 1. The highest BCUT2D eigenvalue weighted by Crippen LogP contribution is 2.20. The molecule has 1 N–H and O–H groups in total. The number of nitrogens with zero attached hydrogens (tertiary/aromatic N) is 2. The van der Waals surface area contributed by atoms with Crippen molar-refractivity contribution in [1.29, 1.82) is 10.7 Å². The fraction of sp³-hybridized carbons (Fsp3) is 0.727. The van der Waals surface area contributed by atoms with E-state index in [4.69, 9.17) is 15.4 Å². The number of hydrogen-bond donors (Lipinski definition) is 1. The summed E-state index contributed by atoms with van der Waals surface area (Å²) in [6, 6.07) is 1.92. The molecule has 0 atom stereocenters. The number of hydrogen-bond acceptors (Lipinski definition) is 4. The number of likely N-dealkylation sites (tertiary alicyclic amines) is 1. The van der Waals surface area contributed by atoms with Crippen molar-refractivity contribution in [3.8, 4) is 6.07 Å². The summed E-state index contributed by atoms with van der Waals surface area (Å²) in [5.41, 5.74) is -0.461. The van der Waals surface area contributed by atoms with Crippen molar-refractivity contribution in [3.05, 3.63) is 0 Å². The molecule has 0 radical (unpaired) electrons. The fourth-order valence-electron chi connectivity index (χ4n) is 1.42. The largest absolute Gasteiger partial charge is 0.460 e. The maximum Gasteiger partial charge on any atom is 0.313 e. The molecule has 16 heavy (non-hydrogen) atoms. The van der Waals surface area contributed by atoms with Gasteiger partial charge in [-0.2, -0.15) is 5.26 Å². The van der Waals surface area contributed by atoms with Gasteiger partial charge in [0.05, 0.1) is 18.4 Å². The molecular weight excluding hydrogens is 206 g/mol. The van der Waals surface area contributed by atoms with Gasteiger partial charge in [-0.15, -0.1) is 0 Å². The molecule has 1 rings (SSSR count). The van der Waals surface area contributed by atoms with E-state index in [1.165, 1.54) is 0 Å². The van der Waals surface area contributed by atoms with Crippen molar-refractivity contribution in [2.45, 2.75) is 32.8 Å². The number of amidine groups is 1. The van der Waals surface area contributed by atoms with Crippen LogP contribution in [-0.4, -0.2) is 35.4 Å². The molecule has 0 aliphatic carbocycles. The molecule has 88 valence electrons. The van der Waals surface area contributed by atoms with E-state index in [1.807, 2.05) is 26.8 Å². The minimum Gasteiger partial charge on any atom is -0.460 e. The normalized spacial score (nSPS) is 16.2. The maximum atomic E-state index is 11.6. The zero-order valence-corrected chi connectivity index (χ0v) is 9.91. The van der Waals surface area contributed by atoms with E-state index in [1.54, 1.807) is 4.90 Å². The standard InChI is InChI=1S/C11H17N3O2/c1-11(2,3)16-10(15)8-6-14(7-8)9(13)4-5-12/h8,13H,4,6-7H2,1-3H3. The predicted octanol–water partition coefficient (Wildman–Crippen LogP) is 1.15. The molecule has 1 saturated heterocycles. The zero-order valence-electron chi connectivity index (χ0n) is 9.91. The van der Waals surface area contributed by atoms with Crippen molar-refractivity contribution in [2.24, 2.45) is 5.92 Å². The summed E-state index contributed by atoms with van der Waals surface area (Å²) in [6.07, 6.45) is 0.0983. The lowest BCUT2D eigenvalue weighted by Gasteiger charge is -2.39. The molecule has 0 saturated carbocycles. The third-order valence-electron chi connectivity index (χ3n) is 2.25. The van der Waals surface area contributed by atoms with Gasteiger partial charge >= 0.3 is 5.97 Å². The Morgan fingerprint density at radius 2 is 2.12 bits per heavy atom. The van der Waals surface area contributed by atoms with Crippen LogP contribution >= 0.6 is 0 Å². The molecule has 0 bridgehead atoms. The summed E-state index contributed by atoms with van der Waals surface area (Å²) < 4.78 is 5.23. The third-order valence-corrected chi connectivity index (χ3v) is 2.25. The monoisotopic (exact) mass is 223 g/mol. The molecule has 1 fully saturated rings. The third kappa shape index (κ3) is 3.23. The minimum atomic E-state index is -0.461. The number of carbonyl (C=O) groups excluding carboxylic acids is 1. The average molecular weight is 223 g/mol. The first-order valence-electron chi connectivity index (χ1n) is 5.25. The van der Waals surface area contributed by atoms with E-state index in [0.717, 1.165) is 0 Å². The maximum absolute atomic E-state index is 11.6. The number of rotatable bonds is 2. The topological polar surface area (TPSA) is 77.2 Å². The van der Waals surface area contributed by atoms with Crippen molar-refractivity contribution < 1.29 is 9.53 Å². The van der Waals surface area contributed by atoms with Gasteiger partial charge in [0, 0.05) is 13.1 Å². The van der Waals surface area contributed by atoms with Gasteiger partial charge in [-0.1, -0.05) is 0 Å². The Labute approximate surface area is 95.5 Å². The van der Waals surface area contributed by atoms with Gasteiger partial charge in [0.2, 0.25) is 0 Å². The van der Waals surface area contributed by atoms with Crippen LogP contribution in [0.4, 0.5) is 0 Å². The van der Waals surface area contributed by atoms with E-state index in [0.29, 0.717) is 13.1 Å². The van der Waals surface area contributed by atoms with Crippen LogP contribution in [0.1, 0.15) is 27.2 Å². The summed E-state index contributed by atoms with van der Waals surface area (Å²) in [4.78, 5) is 13.3. The second-order valence-electron chi connectivity index (χ2n) is 4.92. The van der Waals surface area contributed by atoms with Gasteiger partial charge in [0.25, 0.3) is 0 Å². The molecule has 0 aromatic heterocycles. The highest BCUT2D eigenvalue weighted by Gasteiger charge is 2.36. The lowest BCUT2D eigenvalue weighted by molar-refractivity contribution is -0.164. The van der Waals surface area contributed by atoms with Gasteiger partial charge in [-0.25, -0.2) is 0 Å². The number of carbonyl (C=O) groups is 1. The van der Waals surface area contributed by atoms with Gasteiger partial charge in [-0.05, 0) is 20.8 Å². The summed E-state index contributed by atoms with van der Waals surface area (Å²) >= 11 is 0. The lowest BCUT2D eigenvalue weighted by atomic mass is 9.99. The Bertz CT molecular complexity index is 332. The molecule has 1 aliphatic rings. The van der Waals surface area contributed by atoms with Crippen molar-refractivity contribution in [3.63, 3.8) is 0 Å². The van der Waals surface area contributed by atoms with E-state index in [2.05, 4.69) is 0 Å². The van der Waals surface area contributed by atoms with Gasteiger partial charge < -0.3 is 9.64 Å². The van der Waals surface area contributed by atoms with E-state index in [-0.39, 0.29) is 24.1 Å². The zero-order chi connectivity index (χ0) is 12.3. The van der Waals surface area contributed by atoms with E-state index < -0.39 is 5.60 Å². The minimum absolute atomic E-state index is 0.0983. The van der Waals surface area contributed by atoms with Crippen LogP contribution in [-0.2, 0) is 9.53 Å². The SMILES string of the molecule is CC(C)(C)OC(=O)C1CN(C(=N)CC#N)C1. The van der Waals surface area contributed by atoms with Gasteiger partial charge in [-0.3, -0.25) is 10.2 Å². The molecule has 5 heteroatoms. The molecule has 0 spiro atoms. The fourth-order valence-corrected chi connectivity index (χ4v) is 1.42. The molecule has 0 aromatic rings.